The highest BCUT2D eigenvalue weighted by molar-refractivity contribution is 8.14. The molecule has 116 valence electrons. The molecule has 1 aliphatic heterocycles. The molecule has 0 fully saturated rings. The van der Waals surface area contributed by atoms with Gasteiger partial charge in [0.2, 0.25) is 0 Å². The number of aryl methyl sites for hydroxylation is 1. The Balaban J connectivity index is 1.96. The van der Waals surface area contributed by atoms with Crippen LogP contribution in [0.3, 0.4) is 0 Å². The van der Waals surface area contributed by atoms with Gasteiger partial charge in [0, 0.05) is 11.1 Å². The van der Waals surface area contributed by atoms with Crippen LogP contribution in [0.1, 0.15) is 20.9 Å². The van der Waals surface area contributed by atoms with Gasteiger partial charge in [-0.1, -0.05) is 11.8 Å². The third-order valence-corrected chi connectivity index (χ3v) is 5.20. The summed E-state index contributed by atoms with van der Waals surface area (Å²) in [4.78, 5) is 20.5. The molecule has 0 saturated carbocycles. The number of rotatable bonds is 1. The highest BCUT2D eigenvalue weighted by Gasteiger charge is 2.33. The van der Waals surface area contributed by atoms with Crippen molar-refractivity contribution in [3.8, 4) is 0 Å². The number of nitrogens with zero attached hydrogens (tertiary/aromatic N) is 2. The van der Waals surface area contributed by atoms with Gasteiger partial charge in [0.15, 0.2) is 5.17 Å². The van der Waals surface area contributed by atoms with E-state index in [2.05, 4.69) is 15.3 Å². The molecule has 0 bridgehead atoms. The number of aliphatic imine (C=N–C) groups is 1. The summed E-state index contributed by atoms with van der Waals surface area (Å²) in [5.74, 6) is 0.458. The van der Waals surface area contributed by atoms with Crippen LogP contribution in [-0.2, 0) is 6.18 Å². The van der Waals surface area contributed by atoms with Crippen LogP contribution in [0, 0.1) is 6.92 Å². The Bertz CT molecular complexity index is 783. The number of aromatic nitrogens is 1. The lowest BCUT2D eigenvalue weighted by Gasteiger charge is -2.04. The fourth-order valence-electron chi connectivity index (χ4n) is 2.04. The third-order valence-electron chi connectivity index (χ3n) is 3.11. The highest BCUT2D eigenvalue weighted by Crippen LogP contribution is 2.34. The zero-order valence-corrected chi connectivity index (χ0v) is 13.0. The van der Waals surface area contributed by atoms with Crippen molar-refractivity contribution in [1.29, 1.82) is 0 Å². The Morgan fingerprint density at radius 1 is 1.36 bits per heavy atom. The molecule has 0 aliphatic carbocycles. The first-order valence-electron chi connectivity index (χ1n) is 6.32. The highest BCUT2D eigenvalue weighted by atomic mass is 32.2. The minimum atomic E-state index is -4.50. The summed E-state index contributed by atoms with van der Waals surface area (Å²) < 4.78 is 38.1. The summed E-state index contributed by atoms with van der Waals surface area (Å²) in [7, 11) is 0. The van der Waals surface area contributed by atoms with Gasteiger partial charge >= 0.3 is 6.18 Å². The molecule has 2 aromatic heterocycles. The average Bonchev–Trinajstić information content (AvgIpc) is 3.06. The maximum absolute atomic E-state index is 12.7. The molecular weight excluding hydrogens is 335 g/mol. The number of nitrogens with one attached hydrogen (secondary N) is 1. The van der Waals surface area contributed by atoms with Crippen molar-refractivity contribution in [2.24, 2.45) is 4.99 Å². The first kappa shape index (κ1) is 15.3. The van der Waals surface area contributed by atoms with E-state index in [9.17, 15) is 18.0 Å². The zero-order valence-electron chi connectivity index (χ0n) is 11.3. The number of carbonyl (C=O) groups excluding carboxylic acids is 1. The molecule has 2 aromatic rings. The van der Waals surface area contributed by atoms with E-state index in [1.54, 1.807) is 6.92 Å². The zero-order chi connectivity index (χ0) is 15.9. The molecule has 0 unspecified atom stereocenters. The number of amidine groups is 1. The number of pyridine rings is 1. The number of halogens is 3. The average molecular weight is 345 g/mol. The molecule has 0 saturated heterocycles. The van der Waals surface area contributed by atoms with Crippen LogP contribution in [0.15, 0.2) is 17.1 Å². The molecular formula is C13H10F3N3OS2. The number of thiophene rings is 1. The third kappa shape index (κ3) is 2.82. The van der Waals surface area contributed by atoms with Crippen LogP contribution >= 0.6 is 23.1 Å². The largest absolute Gasteiger partial charge is 0.433 e. The van der Waals surface area contributed by atoms with Crippen LogP contribution in [-0.4, -0.2) is 28.4 Å². The Labute approximate surface area is 131 Å². The van der Waals surface area contributed by atoms with Gasteiger partial charge in [-0.25, -0.2) is 4.98 Å². The molecule has 1 N–H and O–H groups in total. The molecule has 0 atom stereocenters. The number of hydrogen-bond donors (Lipinski definition) is 1. The maximum Gasteiger partial charge on any atom is 0.433 e. The van der Waals surface area contributed by atoms with E-state index < -0.39 is 11.9 Å². The first-order chi connectivity index (χ1) is 10.4. The fraction of sp³-hybridized carbons (Fsp3) is 0.308. The van der Waals surface area contributed by atoms with Crippen LogP contribution < -0.4 is 5.32 Å². The number of amides is 1. The lowest BCUT2D eigenvalue weighted by atomic mass is 10.2. The van der Waals surface area contributed by atoms with E-state index in [1.807, 2.05) is 0 Å². The molecule has 0 spiro atoms. The number of carbonyl (C=O) groups is 1. The molecule has 4 nitrogen and oxygen atoms in total. The Kier molecular flexibility index (Phi) is 3.85. The summed E-state index contributed by atoms with van der Waals surface area (Å²) in [5, 5.41) is 3.78. The summed E-state index contributed by atoms with van der Waals surface area (Å²) in [6, 6.07) is 2.29. The Morgan fingerprint density at radius 3 is 2.77 bits per heavy atom. The lowest BCUT2D eigenvalue weighted by Crippen LogP contribution is -2.27. The topological polar surface area (TPSA) is 54.4 Å². The fourth-order valence-corrected chi connectivity index (χ4v) is 3.84. The molecule has 3 rings (SSSR count). The van der Waals surface area contributed by atoms with Crippen molar-refractivity contribution >= 4 is 44.4 Å². The van der Waals surface area contributed by atoms with Gasteiger partial charge in [-0.05, 0) is 24.6 Å². The van der Waals surface area contributed by atoms with Gasteiger partial charge in [-0.2, -0.15) is 13.2 Å². The second kappa shape index (κ2) is 5.54. The van der Waals surface area contributed by atoms with Gasteiger partial charge in [0.1, 0.15) is 10.5 Å². The van der Waals surface area contributed by atoms with Crippen molar-refractivity contribution in [1.82, 2.24) is 10.3 Å². The number of hydrogen-bond acceptors (Lipinski definition) is 5. The predicted octanol–water partition coefficient (Wildman–Crippen LogP) is 3.46. The van der Waals surface area contributed by atoms with Gasteiger partial charge in [0.25, 0.3) is 5.91 Å². The van der Waals surface area contributed by atoms with Gasteiger partial charge < -0.3 is 5.32 Å². The van der Waals surface area contributed by atoms with E-state index in [0.29, 0.717) is 27.5 Å². The van der Waals surface area contributed by atoms with Gasteiger partial charge in [-0.3, -0.25) is 9.79 Å². The summed E-state index contributed by atoms with van der Waals surface area (Å²) in [6.07, 6.45) is -4.50. The summed E-state index contributed by atoms with van der Waals surface area (Å²) in [5.41, 5.74) is -0.328. The molecule has 3 heterocycles. The molecule has 0 radical (unpaired) electrons. The van der Waals surface area contributed by atoms with Crippen LogP contribution in [0.4, 0.5) is 13.2 Å². The van der Waals surface area contributed by atoms with E-state index in [1.165, 1.54) is 17.8 Å². The molecule has 1 aliphatic rings. The predicted molar refractivity (Wildman–Crippen MR) is 81.6 cm³/mol. The summed E-state index contributed by atoms with van der Waals surface area (Å²) in [6.45, 7) is 2.36. The van der Waals surface area contributed by atoms with Crippen LogP contribution in [0.2, 0.25) is 0 Å². The number of fused-ring (bicyclic) bond motifs is 1. The second-order valence-electron chi connectivity index (χ2n) is 4.59. The Morgan fingerprint density at radius 2 is 2.14 bits per heavy atom. The van der Waals surface area contributed by atoms with E-state index in [0.717, 1.165) is 23.2 Å². The van der Waals surface area contributed by atoms with Crippen molar-refractivity contribution in [2.45, 2.75) is 13.1 Å². The van der Waals surface area contributed by atoms with E-state index >= 15 is 0 Å². The van der Waals surface area contributed by atoms with Crippen molar-refractivity contribution < 1.29 is 18.0 Å². The quantitative estimate of drug-likeness (QED) is 0.861. The van der Waals surface area contributed by atoms with E-state index in [4.69, 9.17) is 0 Å². The first-order valence-corrected chi connectivity index (χ1v) is 8.12. The molecule has 0 aromatic carbocycles. The van der Waals surface area contributed by atoms with Crippen molar-refractivity contribution in [3.05, 3.63) is 28.3 Å². The van der Waals surface area contributed by atoms with Crippen molar-refractivity contribution in [3.63, 3.8) is 0 Å². The molecule has 22 heavy (non-hydrogen) atoms. The monoisotopic (exact) mass is 345 g/mol. The molecule has 9 heteroatoms. The van der Waals surface area contributed by atoms with Crippen molar-refractivity contribution in [2.75, 3.05) is 12.3 Å². The maximum atomic E-state index is 12.7. The number of thioether (sulfide) groups is 1. The van der Waals surface area contributed by atoms with E-state index in [-0.39, 0.29) is 10.7 Å². The normalized spacial score (nSPS) is 15.2. The van der Waals surface area contributed by atoms with Gasteiger partial charge in [-0.15, -0.1) is 11.3 Å². The van der Waals surface area contributed by atoms with Crippen LogP contribution in [0.5, 0.6) is 0 Å². The smallest absolute Gasteiger partial charge is 0.301 e. The Hall–Kier alpha value is -1.61. The second-order valence-corrected chi connectivity index (χ2v) is 6.68. The van der Waals surface area contributed by atoms with Gasteiger partial charge in [0.05, 0.1) is 11.4 Å². The number of alkyl halides is 3. The standard InChI is InChI=1S/C13H10F3N3OS2/c1-6-7-2-3-8(13(14,15)16)18-11(7)22-9(6)10(20)19-12-17-4-5-21-12/h2-3H,4-5H2,1H3,(H,17,19,20). The minimum Gasteiger partial charge on any atom is -0.301 e. The SMILES string of the molecule is Cc1c(C(=O)NC2=NCCS2)sc2nc(C(F)(F)F)ccc12. The molecule has 1 amide bonds. The minimum absolute atomic E-state index is 0.207. The lowest BCUT2D eigenvalue weighted by molar-refractivity contribution is -0.140. The van der Waals surface area contributed by atoms with Crippen LogP contribution in [0.25, 0.3) is 10.2 Å². The summed E-state index contributed by atoms with van der Waals surface area (Å²) >= 11 is 2.40.